The molecule has 0 saturated carbocycles. The van der Waals surface area contributed by atoms with Crippen LogP contribution in [0.2, 0.25) is 0 Å². The first-order valence-corrected chi connectivity index (χ1v) is 10.8. The van der Waals surface area contributed by atoms with Crippen molar-refractivity contribution in [1.29, 1.82) is 0 Å². The standard InChI is InChI=1S/C23H27N5O4/c1-16-5-7-18(8-6-16)21-25-23(32-26-21)17(2)27-11-13-28(14-12-27)20(29)9-10-24-22(30)19-4-3-15-31-19/h3-8,15,17H,9-14H2,1-2H3,(H,24,30). The summed E-state index contributed by atoms with van der Waals surface area (Å²) < 4.78 is 10.6. The molecule has 1 aliphatic rings. The highest BCUT2D eigenvalue weighted by atomic mass is 16.5. The summed E-state index contributed by atoms with van der Waals surface area (Å²) in [6.45, 7) is 7.02. The van der Waals surface area contributed by atoms with Crippen molar-refractivity contribution < 1.29 is 18.5 Å². The molecule has 0 aliphatic carbocycles. The molecule has 3 heterocycles. The summed E-state index contributed by atoms with van der Waals surface area (Å²) in [5.41, 5.74) is 2.10. The van der Waals surface area contributed by atoms with Gasteiger partial charge in [0, 0.05) is 44.7 Å². The Bertz CT molecular complexity index is 1040. The third kappa shape index (κ3) is 5.05. The number of carbonyl (C=O) groups excluding carboxylic acids is 2. The van der Waals surface area contributed by atoms with Gasteiger partial charge in [0.1, 0.15) is 0 Å². The van der Waals surface area contributed by atoms with Crippen LogP contribution in [0.3, 0.4) is 0 Å². The molecule has 9 nitrogen and oxygen atoms in total. The zero-order valence-corrected chi connectivity index (χ0v) is 18.3. The molecule has 1 aromatic carbocycles. The molecule has 0 spiro atoms. The first kappa shape index (κ1) is 21.8. The molecule has 1 N–H and O–H groups in total. The molecule has 32 heavy (non-hydrogen) atoms. The molecule has 0 radical (unpaired) electrons. The second-order valence-electron chi connectivity index (χ2n) is 7.90. The van der Waals surface area contributed by atoms with Gasteiger partial charge in [0.15, 0.2) is 5.76 Å². The van der Waals surface area contributed by atoms with Gasteiger partial charge in [-0.25, -0.2) is 0 Å². The summed E-state index contributed by atoms with van der Waals surface area (Å²) in [6.07, 6.45) is 1.70. The number of benzene rings is 1. The molecule has 2 aromatic heterocycles. The molecule has 1 unspecified atom stereocenters. The van der Waals surface area contributed by atoms with Crippen molar-refractivity contribution in [3.63, 3.8) is 0 Å². The van der Waals surface area contributed by atoms with Crippen LogP contribution in [-0.4, -0.2) is 64.5 Å². The Morgan fingerprint density at radius 2 is 1.88 bits per heavy atom. The van der Waals surface area contributed by atoms with E-state index in [-0.39, 0.29) is 36.6 Å². The van der Waals surface area contributed by atoms with Crippen molar-refractivity contribution in [2.24, 2.45) is 0 Å². The molecule has 168 valence electrons. The summed E-state index contributed by atoms with van der Waals surface area (Å²) in [5, 5.41) is 6.83. The van der Waals surface area contributed by atoms with E-state index in [1.807, 2.05) is 43.0 Å². The lowest BCUT2D eigenvalue weighted by molar-refractivity contribution is -0.133. The van der Waals surface area contributed by atoms with Crippen LogP contribution in [0, 0.1) is 6.92 Å². The zero-order chi connectivity index (χ0) is 22.5. The smallest absolute Gasteiger partial charge is 0.286 e. The second kappa shape index (κ2) is 9.78. The van der Waals surface area contributed by atoms with E-state index in [0.29, 0.717) is 37.9 Å². The van der Waals surface area contributed by atoms with Crippen LogP contribution in [0.4, 0.5) is 0 Å². The minimum Gasteiger partial charge on any atom is -0.459 e. The van der Waals surface area contributed by atoms with Crippen LogP contribution in [0.1, 0.15) is 41.4 Å². The van der Waals surface area contributed by atoms with Crippen molar-refractivity contribution in [3.05, 3.63) is 59.9 Å². The van der Waals surface area contributed by atoms with Crippen molar-refractivity contribution in [3.8, 4) is 11.4 Å². The van der Waals surface area contributed by atoms with Crippen LogP contribution in [0.5, 0.6) is 0 Å². The molecule has 2 amide bonds. The Labute approximate surface area is 186 Å². The van der Waals surface area contributed by atoms with E-state index >= 15 is 0 Å². The van der Waals surface area contributed by atoms with E-state index in [2.05, 4.69) is 20.4 Å². The summed E-state index contributed by atoms with van der Waals surface area (Å²) >= 11 is 0. The largest absolute Gasteiger partial charge is 0.459 e. The molecule has 3 aromatic rings. The molecular weight excluding hydrogens is 410 g/mol. The number of aromatic nitrogens is 2. The Hall–Kier alpha value is -3.46. The minimum absolute atomic E-state index is 0.0245. The maximum atomic E-state index is 12.5. The number of hydrogen-bond acceptors (Lipinski definition) is 7. The van der Waals surface area contributed by atoms with Gasteiger partial charge in [-0.05, 0) is 26.0 Å². The minimum atomic E-state index is -0.314. The van der Waals surface area contributed by atoms with Gasteiger partial charge >= 0.3 is 0 Å². The normalized spacial score (nSPS) is 15.5. The van der Waals surface area contributed by atoms with Gasteiger partial charge < -0.3 is 19.2 Å². The number of amides is 2. The third-order valence-electron chi connectivity index (χ3n) is 5.69. The van der Waals surface area contributed by atoms with Crippen molar-refractivity contribution in [2.45, 2.75) is 26.3 Å². The van der Waals surface area contributed by atoms with Gasteiger partial charge in [0.05, 0.1) is 12.3 Å². The van der Waals surface area contributed by atoms with Gasteiger partial charge in [-0.2, -0.15) is 4.98 Å². The highest BCUT2D eigenvalue weighted by Crippen LogP contribution is 2.23. The SMILES string of the molecule is Cc1ccc(-c2noc(C(C)N3CCN(C(=O)CCNC(=O)c4ccco4)CC3)n2)cc1. The van der Waals surface area contributed by atoms with E-state index < -0.39 is 0 Å². The van der Waals surface area contributed by atoms with Crippen LogP contribution >= 0.6 is 0 Å². The lowest BCUT2D eigenvalue weighted by Crippen LogP contribution is -2.49. The molecule has 1 saturated heterocycles. The van der Waals surface area contributed by atoms with E-state index in [9.17, 15) is 9.59 Å². The number of nitrogens with zero attached hydrogens (tertiary/aromatic N) is 4. The number of rotatable bonds is 7. The molecule has 4 rings (SSSR count). The maximum Gasteiger partial charge on any atom is 0.286 e. The summed E-state index contributed by atoms with van der Waals surface area (Å²) in [6, 6.07) is 11.2. The first-order valence-electron chi connectivity index (χ1n) is 10.8. The molecule has 9 heteroatoms. The number of aryl methyl sites for hydroxylation is 1. The van der Waals surface area contributed by atoms with Crippen molar-refractivity contribution >= 4 is 11.8 Å². The van der Waals surface area contributed by atoms with Gasteiger partial charge in [0.25, 0.3) is 5.91 Å². The Morgan fingerprint density at radius 3 is 2.56 bits per heavy atom. The van der Waals surface area contributed by atoms with Crippen molar-refractivity contribution in [2.75, 3.05) is 32.7 Å². The predicted octanol–water partition coefficient (Wildman–Crippen LogP) is 2.66. The third-order valence-corrected chi connectivity index (χ3v) is 5.69. The van der Waals surface area contributed by atoms with E-state index in [1.165, 1.54) is 11.8 Å². The predicted molar refractivity (Wildman–Crippen MR) is 117 cm³/mol. The number of piperazine rings is 1. The van der Waals surface area contributed by atoms with Crippen LogP contribution in [0.15, 0.2) is 51.6 Å². The summed E-state index contributed by atoms with van der Waals surface area (Å²) in [5.74, 6) is 1.10. The summed E-state index contributed by atoms with van der Waals surface area (Å²) in [4.78, 5) is 33.0. The fraction of sp³-hybridized carbons (Fsp3) is 0.391. The highest BCUT2D eigenvalue weighted by molar-refractivity contribution is 5.91. The van der Waals surface area contributed by atoms with Gasteiger partial charge in [-0.15, -0.1) is 0 Å². The lowest BCUT2D eigenvalue weighted by Gasteiger charge is -2.36. The summed E-state index contributed by atoms with van der Waals surface area (Å²) in [7, 11) is 0. The van der Waals surface area contributed by atoms with Crippen molar-refractivity contribution in [1.82, 2.24) is 25.3 Å². The zero-order valence-electron chi connectivity index (χ0n) is 18.3. The van der Waals surface area contributed by atoms with E-state index in [4.69, 9.17) is 8.94 Å². The molecule has 0 bridgehead atoms. The van der Waals surface area contributed by atoms with Crippen LogP contribution < -0.4 is 5.32 Å². The van der Waals surface area contributed by atoms with Gasteiger partial charge in [-0.1, -0.05) is 35.0 Å². The number of hydrogen-bond donors (Lipinski definition) is 1. The Kier molecular flexibility index (Phi) is 6.65. The second-order valence-corrected chi connectivity index (χ2v) is 7.90. The lowest BCUT2D eigenvalue weighted by atomic mass is 10.1. The number of furan rings is 1. The van der Waals surface area contributed by atoms with Crippen LogP contribution in [-0.2, 0) is 4.79 Å². The number of carbonyl (C=O) groups is 2. The fourth-order valence-corrected chi connectivity index (χ4v) is 3.68. The number of nitrogens with one attached hydrogen (secondary N) is 1. The van der Waals surface area contributed by atoms with Gasteiger partial charge in [0.2, 0.25) is 17.6 Å². The topological polar surface area (TPSA) is 105 Å². The quantitative estimate of drug-likeness (QED) is 0.606. The average molecular weight is 438 g/mol. The van der Waals surface area contributed by atoms with Crippen LogP contribution in [0.25, 0.3) is 11.4 Å². The molecular formula is C23H27N5O4. The first-order chi connectivity index (χ1) is 15.5. The average Bonchev–Trinajstić information content (AvgIpc) is 3.52. The molecule has 1 atom stereocenters. The fourth-order valence-electron chi connectivity index (χ4n) is 3.68. The molecule has 1 aliphatic heterocycles. The highest BCUT2D eigenvalue weighted by Gasteiger charge is 2.27. The monoisotopic (exact) mass is 437 g/mol. The maximum absolute atomic E-state index is 12.5. The van der Waals surface area contributed by atoms with E-state index in [1.54, 1.807) is 12.1 Å². The Balaban J connectivity index is 1.24. The Morgan fingerprint density at radius 1 is 1.12 bits per heavy atom. The molecule has 1 fully saturated rings. The van der Waals surface area contributed by atoms with E-state index in [0.717, 1.165) is 5.56 Å². The van der Waals surface area contributed by atoms with Gasteiger partial charge in [-0.3, -0.25) is 14.5 Å².